The van der Waals surface area contributed by atoms with Gasteiger partial charge in [-0.3, -0.25) is 0 Å². The Morgan fingerprint density at radius 3 is 2.55 bits per heavy atom. The molecular formula is C18H19F6N5O2. The van der Waals surface area contributed by atoms with Crippen LogP contribution in [0, 0.1) is 5.92 Å². The second-order valence-corrected chi connectivity index (χ2v) is 7.91. The van der Waals surface area contributed by atoms with E-state index < -0.39 is 47.4 Å². The number of pyridine rings is 1. The summed E-state index contributed by atoms with van der Waals surface area (Å²) in [6, 6.07) is 0.663. The lowest BCUT2D eigenvalue weighted by Gasteiger charge is -2.27. The molecule has 4 rings (SSSR count). The minimum atomic E-state index is -5.09. The molecule has 0 saturated carbocycles. The van der Waals surface area contributed by atoms with Gasteiger partial charge >= 0.3 is 12.4 Å². The van der Waals surface area contributed by atoms with Crippen molar-refractivity contribution in [2.75, 3.05) is 23.7 Å². The largest absolute Gasteiger partial charge is 0.426 e. The molecule has 13 heteroatoms. The molecule has 31 heavy (non-hydrogen) atoms. The van der Waals surface area contributed by atoms with Crippen molar-refractivity contribution in [3.63, 3.8) is 0 Å². The van der Waals surface area contributed by atoms with Crippen molar-refractivity contribution >= 4 is 11.5 Å². The highest BCUT2D eigenvalue weighted by atomic mass is 19.4. The SMILES string of the molecule is Nc1cc(C(F)(F)F)c2nc1-c1nnc(o1)[C@](O)(C(F)(F)F)CCCCC1CCN2C1. The zero-order valence-corrected chi connectivity index (χ0v) is 16.1. The molecular weight excluding hydrogens is 432 g/mol. The second kappa shape index (κ2) is 7.24. The van der Waals surface area contributed by atoms with Gasteiger partial charge in [0.05, 0.1) is 5.69 Å². The molecule has 2 atom stereocenters. The Morgan fingerprint density at radius 2 is 1.87 bits per heavy atom. The topological polar surface area (TPSA) is 101 Å². The van der Waals surface area contributed by atoms with Crippen molar-refractivity contribution in [2.24, 2.45) is 5.92 Å². The van der Waals surface area contributed by atoms with E-state index in [9.17, 15) is 31.4 Å². The number of aromatic nitrogens is 3. The smallest absolute Gasteiger partial charge is 0.416 e. The second-order valence-electron chi connectivity index (χ2n) is 7.91. The fourth-order valence-corrected chi connectivity index (χ4v) is 4.07. The predicted octanol–water partition coefficient (Wildman–Crippen LogP) is 3.88. The molecule has 1 fully saturated rings. The van der Waals surface area contributed by atoms with Gasteiger partial charge in [-0.2, -0.15) is 26.3 Å². The van der Waals surface area contributed by atoms with Gasteiger partial charge in [0.15, 0.2) is 5.69 Å². The van der Waals surface area contributed by atoms with Crippen molar-refractivity contribution in [3.8, 4) is 11.6 Å². The molecule has 170 valence electrons. The van der Waals surface area contributed by atoms with E-state index in [1.807, 2.05) is 0 Å². The number of nitrogens with two attached hydrogens (primary N) is 1. The monoisotopic (exact) mass is 451 g/mol. The first-order chi connectivity index (χ1) is 14.4. The van der Waals surface area contributed by atoms with Crippen LogP contribution in [0.2, 0.25) is 0 Å². The van der Waals surface area contributed by atoms with E-state index in [4.69, 9.17) is 10.2 Å². The Kier molecular flexibility index (Phi) is 5.06. The number of alkyl halides is 6. The maximum absolute atomic E-state index is 13.6. The molecule has 1 unspecified atom stereocenters. The van der Waals surface area contributed by atoms with Gasteiger partial charge in [-0.15, -0.1) is 10.2 Å². The number of aliphatic hydroxyl groups is 1. The third kappa shape index (κ3) is 3.79. The lowest BCUT2D eigenvalue weighted by atomic mass is 9.93. The molecule has 6 bridgehead atoms. The Balaban J connectivity index is 1.89. The van der Waals surface area contributed by atoms with Gasteiger partial charge in [0, 0.05) is 13.1 Å². The quantitative estimate of drug-likeness (QED) is 0.586. The Morgan fingerprint density at radius 1 is 1.13 bits per heavy atom. The van der Waals surface area contributed by atoms with Crippen molar-refractivity contribution in [1.82, 2.24) is 15.2 Å². The Bertz CT molecular complexity index is 975. The lowest BCUT2D eigenvalue weighted by molar-refractivity contribution is -0.277. The Labute approximate surface area is 172 Å². The average Bonchev–Trinajstić information content (AvgIpc) is 3.32. The number of hydrogen-bond acceptors (Lipinski definition) is 7. The summed E-state index contributed by atoms with van der Waals surface area (Å²) in [6.45, 7) is 0.587. The average molecular weight is 451 g/mol. The molecule has 0 aliphatic carbocycles. The van der Waals surface area contributed by atoms with E-state index >= 15 is 0 Å². The molecule has 2 aliphatic heterocycles. The molecule has 7 nitrogen and oxygen atoms in total. The van der Waals surface area contributed by atoms with E-state index in [-0.39, 0.29) is 30.4 Å². The molecule has 2 aromatic rings. The molecule has 2 aromatic heterocycles. The normalized spacial score (nSPS) is 24.9. The molecule has 0 radical (unpaired) electrons. The van der Waals surface area contributed by atoms with Gasteiger partial charge in [0.25, 0.3) is 11.8 Å². The van der Waals surface area contributed by atoms with E-state index in [2.05, 4.69) is 15.2 Å². The van der Waals surface area contributed by atoms with E-state index in [1.165, 1.54) is 4.90 Å². The highest BCUT2D eigenvalue weighted by Crippen LogP contribution is 2.45. The van der Waals surface area contributed by atoms with Crippen LogP contribution in [0.5, 0.6) is 0 Å². The Hall–Kier alpha value is -2.57. The number of nitrogen functional groups attached to an aromatic ring is 1. The summed E-state index contributed by atoms with van der Waals surface area (Å²) in [4.78, 5) is 5.47. The molecule has 2 aliphatic rings. The van der Waals surface area contributed by atoms with Gasteiger partial charge in [0.2, 0.25) is 5.60 Å². The lowest BCUT2D eigenvalue weighted by Crippen LogP contribution is -2.42. The number of fused-ring (bicyclic) bond motifs is 8. The minimum absolute atomic E-state index is 0.00606. The summed E-state index contributed by atoms with van der Waals surface area (Å²) in [5, 5.41) is 17.2. The minimum Gasteiger partial charge on any atom is -0.416 e. The maximum Gasteiger partial charge on any atom is 0.426 e. The van der Waals surface area contributed by atoms with Crippen molar-refractivity contribution in [2.45, 2.75) is 50.1 Å². The summed E-state index contributed by atoms with van der Waals surface area (Å²) in [5.74, 6) is -2.09. The molecule has 0 amide bonds. The number of rotatable bonds is 0. The third-order valence-corrected chi connectivity index (χ3v) is 5.77. The fraction of sp³-hybridized carbons (Fsp3) is 0.611. The van der Waals surface area contributed by atoms with Crippen LogP contribution in [0.4, 0.5) is 37.8 Å². The van der Waals surface area contributed by atoms with Gasteiger partial charge in [-0.25, -0.2) is 4.98 Å². The van der Waals surface area contributed by atoms with Crippen LogP contribution in [-0.4, -0.2) is 39.6 Å². The summed E-state index contributed by atoms with van der Waals surface area (Å²) < 4.78 is 86.9. The standard InChI is InChI=1S/C18H19F6N5O2/c19-17(20,21)10-7-11(25)12-14-27-28-15(31-14)16(30,18(22,23)24)5-2-1-3-9-4-6-29(8-9)13(10)26-12/h7,9,30H,1-6,8,25H2/t9?,16-/m0/s1. The van der Waals surface area contributed by atoms with Crippen molar-refractivity contribution in [1.29, 1.82) is 0 Å². The van der Waals surface area contributed by atoms with Crippen LogP contribution in [0.15, 0.2) is 10.5 Å². The summed E-state index contributed by atoms with van der Waals surface area (Å²) in [5.41, 5.74) is 0.445. The summed E-state index contributed by atoms with van der Waals surface area (Å²) in [7, 11) is 0. The summed E-state index contributed by atoms with van der Waals surface area (Å²) in [6.07, 6.45) is -9.07. The number of hydrogen-bond donors (Lipinski definition) is 2. The summed E-state index contributed by atoms with van der Waals surface area (Å²) >= 11 is 0. The van der Waals surface area contributed by atoms with Gasteiger partial charge in [0.1, 0.15) is 11.4 Å². The highest BCUT2D eigenvalue weighted by molar-refractivity contribution is 5.71. The first kappa shape index (κ1) is 21.7. The van der Waals surface area contributed by atoms with Crippen LogP contribution in [0.3, 0.4) is 0 Å². The van der Waals surface area contributed by atoms with Gasteiger partial charge in [-0.1, -0.05) is 6.42 Å². The number of halogens is 6. The highest BCUT2D eigenvalue weighted by Gasteiger charge is 2.58. The molecule has 4 heterocycles. The fourth-order valence-electron chi connectivity index (χ4n) is 4.07. The van der Waals surface area contributed by atoms with Crippen LogP contribution in [-0.2, 0) is 11.8 Å². The van der Waals surface area contributed by atoms with Crippen LogP contribution in [0.1, 0.15) is 43.6 Å². The predicted molar refractivity (Wildman–Crippen MR) is 95.7 cm³/mol. The van der Waals surface area contributed by atoms with Crippen molar-refractivity contribution < 1.29 is 35.9 Å². The number of anilines is 2. The molecule has 0 aromatic carbocycles. The van der Waals surface area contributed by atoms with E-state index in [0.717, 1.165) is 0 Å². The zero-order chi connectivity index (χ0) is 22.6. The first-order valence-corrected chi connectivity index (χ1v) is 9.66. The van der Waals surface area contributed by atoms with Crippen LogP contribution >= 0.6 is 0 Å². The van der Waals surface area contributed by atoms with Crippen molar-refractivity contribution in [3.05, 3.63) is 17.5 Å². The maximum atomic E-state index is 13.6. The van der Waals surface area contributed by atoms with Gasteiger partial charge < -0.3 is 20.2 Å². The molecule has 3 N–H and O–H groups in total. The first-order valence-electron chi connectivity index (χ1n) is 9.66. The zero-order valence-electron chi connectivity index (χ0n) is 16.1. The van der Waals surface area contributed by atoms with Crippen LogP contribution < -0.4 is 10.6 Å². The van der Waals surface area contributed by atoms with E-state index in [0.29, 0.717) is 31.9 Å². The third-order valence-electron chi connectivity index (χ3n) is 5.77. The number of nitrogens with zero attached hydrogens (tertiary/aromatic N) is 4. The van der Waals surface area contributed by atoms with Crippen LogP contribution in [0.25, 0.3) is 11.6 Å². The molecule has 1 saturated heterocycles. The van der Waals surface area contributed by atoms with Gasteiger partial charge in [-0.05, 0) is 37.7 Å². The molecule has 0 spiro atoms. The van der Waals surface area contributed by atoms with E-state index in [1.54, 1.807) is 0 Å².